The summed E-state index contributed by atoms with van der Waals surface area (Å²) in [5.41, 5.74) is 1.40. The maximum absolute atomic E-state index is 12.9. The van der Waals surface area contributed by atoms with Gasteiger partial charge < -0.3 is 10.1 Å². The van der Waals surface area contributed by atoms with Crippen molar-refractivity contribution < 1.29 is 17.9 Å². The summed E-state index contributed by atoms with van der Waals surface area (Å²) in [6.07, 6.45) is -0.357. The minimum Gasteiger partial charge on any atom is -0.373 e. The highest BCUT2D eigenvalue weighted by Gasteiger charge is 2.32. The van der Waals surface area contributed by atoms with E-state index in [2.05, 4.69) is 5.32 Å². The average Bonchev–Trinajstić information content (AvgIpc) is 2.67. The molecule has 0 spiro atoms. The number of morpholine rings is 1. The molecule has 2 atom stereocenters. The van der Waals surface area contributed by atoms with Gasteiger partial charge >= 0.3 is 0 Å². The molecule has 1 fully saturated rings. The monoisotopic (exact) mass is 456 g/mol. The second kappa shape index (κ2) is 8.62. The maximum atomic E-state index is 12.9. The Kier molecular flexibility index (Phi) is 6.55. The molecule has 0 aliphatic carbocycles. The molecule has 29 heavy (non-hydrogen) atoms. The van der Waals surface area contributed by atoms with Gasteiger partial charge in [0.15, 0.2) is 0 Å². The van der Waals surface area contributed by atoms with Crippen molar-refractivity contribution in [1.29, 1.82) is 0 Å². The molecule has 156 valence electrons. The highest BCUT2D eigenvalue weighted by molar-refractivity contribution is 7.89. The number of carbonyl (C=O) groups is 1. The van der Waals surface area contributed by atoms with Crippen molar-refractivity contribution in [2.75, 3.05) is 18.4 Å². The van der Waals surface area contributed by atoms with Crippen LogP contribution in [-0.4, -0.2) is 43.9 Å². The largest absolute Gasteiger partial charge is 0.373 e. The van der Waals surface area contributed by atoms with E-state index in [4.69, 9.17) is 27.9 Å². The van der Waals surface area contributed by atoms with Gasteiger partial charge in [-0.05, 0) is 56.7 Å². The zero-order valence-corrected chi connectivity index (χ0v) is 18.6. The summed E-state index contributed by atoms with van der Waals surface area (Å²) in [5, 5.41) is 3.37. The highest BCUT2D eigenvalue weighted by atomic mass is 35.5. The molecule has 0 aromatic heterocycles. The van der Waals surface area contributed by atoms with Crippen molar-refractivity contribution in [1.82, 2.24) is 4.31 Å². The molecule has 3 rings (SSSR count). The molecule has 0 saturated carbocycles. The molecule has 1 aliphatic heterocycles. The minimum atomic E-state index is -3.67. The fourth-order valence-electron chi connectivity index (χ4n) is 3.21. The summed E-state index contributed by atoms with van der Waals surface area (Å²) in [5.74, 6) is -0.433. The van der Waals surface area contributed by atoms with Gasteiger partial charge in [0.25, 0.3) is 5.91 Å². The smallest absolute Gasteiger partial charge is 0.255 e. The number of aryl methyl sites for hydroxylation is 1. The van der Waals surface area contributed by atoms with E-state index in [0.717, 1.165) is 5.56 Å². The summed E-state index contributed by atoms with van der Waals surface area (Å²) in [4.78, 5) is 12.7. The van der Waals surface area contributed by atoms with Crippen molar-refractivity contribution in [2.24, 2.45) is 0 Å². The van der Waals surface area contributed by atoms with Crippen LogP contribution in [0.4, 0.5) is 5.69 Å². The van der Waals surface area contributed by atoms with Crippen molar-refractivity contribution in [3.05, 3.63) is 57.6 Å². The number of halogens is 2. The molecule has 2 aromatic rings. The number of anilines is 1. The Balaban J connectivity index is 1.80. The number of carbonyl (C=O) groups excluding carboxylic acids is 1. The highest BCUT2D eigenvalue weighted by Crippen LogP contribution is 2.33. The molecule has 0 unspecified atom stereocenters. The van der Waals surface area contributed by atoms with Crippen LogP contribution in [0.25, 0.3) is 0 Å². The summed E-state index contributed by atoms with van der Waals surface area (Å²) in [6.45, 7) is 6.07. The number of benzene rings is 2. The topological polar surface area (TPSA) is 75.7 Å². The first-order valence-corrected chi connectivity index (χ1v) is 11.3. The van der Waals surface area contributed by atoms with E-state index >= 15 is 0 Å². The number of nitrogens with zero attached hydrogens (tertiary/aromatic N) is 1. The number of amides is 1. The summed E-state index contributed by atoms with van der Waals surface area (Å²) >= 11 is 12.4. The lowest BCUT2D eigenvalue weighted by Gasteiger charge is -2.34. The fraction of sp³-hybridized carbons (Fsp3) is 0.350. The zero-order valence-electron chi connectivity index (χ0n) is 16.3. The molecule has 9 heteroatoms. The Morgan fingerprint density at radius 3 is 2.24 bits per heavy atom. The third-order valence-corrected chi connectivity index (χ3v) is 7.31. The van der Waals surface area contributed by atoms with E-state index in [-0.39, 0.29) is 17.1 Å². The quantitative estimate of drug-likeness (QED) is 0.741. The Morgan fingerprint density at radius 2 is 1.66 bits per heavy atom. The molecule has 6 nitrogen and oxygen atoms in total. The molecule has 1 amide bonds. The van der Waals surface area contributed by atoms with E-state index in [1.165, 1.54) is 28.6 Å². The van der Waals surface area contributed by atoms with E-state index in [0.29, 0.717) is 34.4 Å². The van der Waals surface area contributed by atoms with Gasteiger partial charge in [-0.1, -0.05) is 29.3 Å². The number of rotatable bonds is 4. The van der Waals surface area contributed by atoms with Crippen molar-refractivity contribution in [2.45, 2.75) is 37.9 Å². The number of ether oxygens (including phenoxy) is 1. The lowest BCUT2D eigenvalue weighted by Crippen LogP contribution is -2.48. The number of sulfonamides is 1. The van der Waals surface area contributed by atoms with Crippen molar-refractivity contribution in [3.8, 4) is 0 Å². The van der Waals surface area contributed by atoms with Crippen LogP contribution in [0, 0.1) is 6.92 Å². The van der Waals surface area contributed by atoms with E-state index in [1.807, 2.05) is 13.8 Å². The first kappa shape index (κ1) is 22.1. The Bertz CT molecular complexity index is 1020. The predicted molar refractivity (Wildman–Crippen MR) is 114 cm³/mol. The molecular formula is C20H22Cl2N2O4S. The molecule has 0 bridgehead atoms. The molecule has 1 heterocycles. The van der Waals surface area contributed by atoms with Gasteiger partial charge in [0.1, 0.15) is 0 Å². The lowest BCUT2D eigenvalue weighted by molar-refractivity contribution is -0.0440. The molecule has 1 saturated heterocycles. The second-order valence-corrected chi connectivity index (χ2v) is 9.83. The lowest BCUT2D eigenvalue weighted by atomic mass is 10.2. The number of nitrogens with one attached hydrogen (secondary N) is 1. The Hall–Kier alpha value is -1.64. The minimum absolute atomic E-state index is 0.127. The van der Waals surface area contributed by atoms with Crippen molar-refractivity contribution >= 4 is 44.8 Å². The molecule has 1 N–H and O–H groups in total. The molecular weight excluding hydrogens is 435 g/mol. The normalized spacial score (nSPS) is 20.4. The summed E-state index contributed by atoms with van der Waals surface area (Å²) in [7, 11) is -3.67. The van der Waals surface area contributed by atoms with Gasteiger partial charge in [-0.25, -0.2) is 8.42 Å². The van der Waals surface area contributed by atoms with E-state index < -0.39 is 15.9 Å². The Labute approximate surface area is 180 Å². The summed E-state index contributed by atoms with van der Waals surface area (Å²) < 4.78 is 32.8. The van der Waals surface area contributed by atoms with E-state index in [9.17, 15) is 13.2 Å². The van der Waals surface area contributed by atoms with Crippen LogP contribution in [0.2, 0.25) is 10.0 Å². The maximum Gasteiger partial charge on any atom is 0.255 e. The number of hydrogen-bond acceptors (Lipinski definition) is 4. The third kappa shape index (κ3) is 4.75. The van der Waals surface area contributed by atoms with Gasteiger partial charge in [0, 0.05) is 18.7 Å². The van der Waals surface area contributed by atoms with Crippen LogP contribution >= 0.6 is 23.2 Å². The van der Waals surface area contributed by atoms with Crippen LogP contribution in [-0.2, 0) is 14.8 Å². The van der Waals surface area contributed by atoms with Gasteiger partial charge in [-0.3, -0.25) is 4.79 Å². The van der Waals surface area contributed by atoms with Crippen LogP contribution in [0.3, 0.4) is 0 Å². The first-order valence-electron chi connectivity index (χ1n) is 9.11. The van der Waals surface area contributed by atoms with E-state index in [1.54, 1.807) is 19.1 Å². The fourth-order valence-corrected chi connectivity index (χ4v) is 5.27. The number of hydrogen-bond donors (Lipinski definition) is 1. The second-order valence-electron chi connectivity index (χ2n) is 7.11. The molecule has 1 aliphatic rings. The zero-order chi connectivity index (χ0) is 21.3. The van der Waals surface area contributed by atoms with Crippen LogP contribution in [0.1, 0.15) is 29.8 Å². The first-order chi connectivity index (χ1) is 13.6. The van der Waals surface area contributed by atoms with Crippen LogP contribution in [0.5, 0.6) is 0 Å². The predicted octanol–water partition coefficient (Wildman–Crippen LogP) is 4.35. The average molecular weight is 457 g/mol. The summed E-state index contributed by atoms with van der Waals surface area (Å²) in [6, 6.07) is 9.19. The van der Waals surface area contributed by atoms with Crippen LogP contribution in [0.15, 0.2) is 41.3 Å². The third-order valence-electron chi connectivity index (χ3n) is 4.66. The molecule has 2 aromatic carbocycles. The van der Waals surface area contributed by atoms with Gasteiger partial charge in [0.2, 0.25) is 10.0 Å². The molecule has 0 radical (unpaired) electrons. The standard InChI is InChI=1S/C20H22Cl2N2O4S/c1-12-4-9-17(21)19(18(12)22)23-20(25)15-5-7-16(8-6-15)29(26,27)24-10-13(2)28-14(3)11-24/h4-9,13-14H,10-11H2,1-3H3,(H,23,25)/t13-,14+. The van der Waals surface area contributed by atoms with Gasteiger partial charge in [0.05, 0.1) is 32.8 Å². The van der Waals surface area contributed by atoms with Crippen molar-refractivity contribution in [3.63, 3.8) is 0 Å². The van der Waals surface area contributed by atoms with Gasteiger partial charge in [-0.15, -0.1) is 0 Å². The SMILES string of the molecule is Cc1ccc(Cl)c(NC(=O)c2ccc(S(=O)(=O)N3C[C@@H](C)O[C@@H](C)C3)cc2)c1Cl. The Morgan fingerprint density at radius 1 is 1.07 bits per heavy atom. The van der Waals surface area contributed by atoms with Crippen LogP contribution < -0.4 is 5.32 Å². The van der Waals surface area contributed by atoms with Gasteiger partial charge in [-0.2, -0.15) is 4.31 Å².